The van der Waals surface area contributed by atoms with Crippen LogP contribution in [0, 0.1) is 6.92 Å². The predicted molar refractivity (Wildman–Crippen MR) is 81.0 cm³/mol. The van der Waals surface area contributed by atoms with Crippen molar-refractivity contribution >= 4 is 17.3 Å². The summed E-state index contributed by atoms with van der Waals surface area (Å²) in [5.41, 5.74) is 8.48. The first-order valence-electron chi connectivity index (χ1n) is 6.50. The molecule has 4 heteroatoms. The normalized spacial score (nSPS) is 10.3. The maximum Gasteiger partial charge on any atom is 0.258 e. The summed E-state index contributed by atoms with van der Waals surface area (Å²) in [6.45, 7) is 4.33. The highest BCUT2D eigenvalue weighted by atomic mass is 16.3. The Bertz CT molecular complexity index is 621. The van der Waals surface area contributed by atoms with Gasteiger partial charge in [-0.1, -0.05) is 6.07 Å². The van der Waals surface area contributed by atoms with Crippen LogP contribution in [0.25, 0.3) is 0 Å². The third kappa shape index (κ3) is 2.74. The smallest absolute Gasteiger partial charge is 0.258 e. The number of aryl methyl sites for hydroxylation is 1. The Labute approximate surface area is 118 Å². The van der Waals surface area contributed by atoms with Crippen LogP contribution in [0.1, 0.15) is 22.8 Å². The molecule has 2 aromatic rings. The molecule has 104 valence electrons. The summed E-state index contributed by atoms with van der Waals surface area (Å²) in [6.07, 6.45) is 0. The molecule has 0 unspecified atom stereocenters. The molecule has 0 aliphatic rings. The monoisotopic (exact) mass is 270 g/mol. The maximum absolute atomic E-state index is 12.6. The van der Waals surface area contributed by atoms with E-state index in [2.05, 4.69) is 0 Å². The Balaban J connectivity index is 2.39. The van der Waals surface area contributed by atoms with Crippen molar-refractivity contribution in [1.82, 2.24) is 0 Å². The molecule has 0 radical (unpaired) electrons. The van der Waals surface area contributed by atoms with Gasteiger partial charge in [-0.2, -0.15) is 0 Å². The van der Waals surface area contributed by atoms with Crippen LogP contribution in [0.3, 0.4) is 0 Å². The van der Waals surface area contributed by atoms with E-state index in [0.29, 0.717) is 23.5 Å². The molecule has 0 heterocycles. The van der Waals surface area contributed by atoms with E-state index in [1.165, 1.54) is 0 Å². The van der Waals surface area contributed by atoms with Crippen molar-refractivity contribution in [2.24, 2.45) is 0 Å². The molecular formula is C16H18N2O2. The van der Waals surface area contributed by atoms with Crippen LogP contribution in [-0.4, -0.2) is 17.6 Å². The van der Waals surface area contributed by atoms with E-state index in [1.54, 1.807) is 47.4 Å². The molecule has 0 saturated carbocycles. The van der Waals surface area contributed by atoms with Crippen LogP contribution in [0.4, 0.5) is 11.4 Å². The first-order valence-corrected chi connectivity index (χ1v) is 6.50. The van der Waals surface area contributed by atoms with Gasteiger partial charge in [-0.05, 0) is 49.7 Å². The largest absolute Gasteiger partial charge is 0.508 e. The van der Waals surface area contributed by atoms with E-state index in [-0.39, 0.29) is 11.7 Å². The SMILES string of the molecule is CCN(C(=O)c1ccc(N)cc1)c1cc(O)ccc1C. The molecule has 0 spiro atoms. The molecule has 0 aromatic heterocycles. The number of phenolic OH excluding ortho intramolecular Hbond substituents is 1. The second-order valence-electron chi connectivity index (χ2n) is 4.64. The topological polar surface area (TPSA) is 66.6 Å². The standard InChI is InChI=1S/C16H18N2O2/c1-3-18(15-10-14(19)9-4-11(15)2)16(20)12-5-7-13(17)8-6-12/h4-10,19H,3,17H2,1-2H3. The lowest BCUT2D eigenvalue weighted by Crippen LogP contribution is -2.31. The summed E-state index contributed by atoms with van der Waals surface area (Å²) < 4.78 is 0. The zero-order chi connectivity index (χ0) is 14.7. The van der Waals surface area contributed by atoms with E-state index in [4.69, 9.17) is 5.73 Å². The number of hydrogen-bond donors (Lipinski definition) is 2. The van der Waals surface area contributed by atoms with E-state index in [0.717, 1.165) is 5.56 Å². The van der Waals surface area contributed by atoms with Gasteiger partial charge in [-0.3, -0.25) is 4.79 Å². The molecule has 0 fully saturated rings. The average Bonchev–Trinajstić information content (AvgIpc) is 2.44. The third-order valence-corrected chi connectivity index (χ3v) is 3.20. The van der Waals surface area contributed by atoms with Crippen LogP contribution < -0.4 is 10.6 Å². The average molecular weight is 270 g/mol. The zero-order valence-corrected chi connectivity index (χ0v) is 11.6. The fourth-order valence-corrected chi connectivity index (χ4v) is 2.09. The number of amides is 1. The number of carbonyl (C=O) groups excluding carboxylic acids is 1. The minimum absolute atomic E-state index is 0.110. The molecule has 0 saturated heterocycles. The lowest BCUT2D eigenvalue weighted by atomic mass is 10.1. The molecule has 2 rings (SSSR count). The quantitative estimate of drug-likeness (QED) is 0.843. The van der Waals surface area contributed by atoms with Crippen LogP contribution in [0.2, 0.25) is 0 Å². The van der Waals surface area contributed by atoms with Crippen molar-refractivity contribution in [2.45, 2.75) is 13.8 Å². The first-order chi connectivity index (χ1) is 9.52. The van der Waals surface area contributed by atoms with Gasteiger partial charge in [0.25, 0.3) is 5.91 Å². The summed E-state index contributed by atoms with van der Waals surface area (Å²) in [4.78, 5) is 14.2. The lowest BCUT2D eigenvalue weighted by Gasteiger charge is -2.23. The van der Waals surface area contributed by atoms with E-state index < -0.39 is 0 Å². The van der Waals surface area contributed by atoms with Crippen LogP contribution in [-0.2, 0) is 0 Å². The molecule has 0 bridgehead atoms. The van der Waals surface area contributed by atoms with Gasteiger partial charge in [0.2, 0.25) is 0 Å². The van der Waals surface area contributed by atoms with Crippen molar-refractivity contribution in [3.05, 3.63) is 53.6 Å². The number of nitrogens with zero attached hydrogens (tertiary/aromatic N) is 1. The maximum atomic E-state index is 12.6. The summed E-state index contributed by atoms with van der Waals surface area (Å²) >= 11 is 0. The Morgan fingerprint density at radius 1 is 1.20 bits per heavy atom. The van der Waals surface area contributed by atoms with E-state index in [1.807, 2.05) is 13.8 Å². The van der Waals surface area contributed by atoms with Crippen molar-refractivity contribution in [3.8, 4) is 5.75 Å². The minimum atomic E-state index is -0.110. The Morgan fingerprint density at radius 2 is 1.85 bits per heavy atom. The summed E-state index contributed by atoms with van der Waals surface area (Å²) in [5, 5.41) is 9.62. The number of nitrogens with two attached hydrogens (primary N) is 1. The fourth-order valence-electron chi connectivity index (χ4n) is 2.09. The highest BCUT2D eigenvalue weighted by Gasteiger charge is 2.18. The second kappa shape index (κ2) is 5.65. The van der Waals surface area contributed by atoms with Crippen LogP contribution in [0.5, 0.6) is 5.75 Å². The number of carbonyl (C=O) groups is 1. The molecule has 20 heavy (non-hydrogen) atoms. The minimum Gasteiger partial charge on any atom is -0.508 e. The van der Waals surface area contributed by atoms with Gasteiger partial charge in [-0.15, -0.1) is 0 Å². The Hall–Kier alpha value is -2.49. The number of benzene rings is 2. The predicted octanol–water partition coefficient (Wildman–Crippen LogP) is 2.95. The van der Waals surface area contributed by atoms with Crippen LogP contribution in [0.15, 0.2) is 42.5 Å². The number of hydrogen-bond acceptors (Lipinski definition) is 3. The van der Waals surface area contributed by atoms with Gasteiger partial charge in [0.1, 0.15) is 5.75 Å². The number of rotatable bonds is 3. The highest BCUT2D eigenvalue weighted by Crippen LogP contribution is 2.26. The molecule has 3 N–H and O–H groups in total. The van der Waals surface area contributed by atoms with Crippen molar-refractivity contribution < 1.29 is 9.90 Å². The van der Waals surface area contributed by atoms with Gasteiger partial charge in [-0.25, -0.2) is 0 Å². The highest BCUT2D eigenvalue weighted by molar-refractivity contribution is 6.06. The molecule has 2 aromatic carbocycles. The zero-order valence-electron chi connectivity index (χ0n) is 11.6. The molecular weight excluding hydrogens is 252 g/mol. The molecule has 4 nitrogen and oxygen atoms in total. The third-order valence-electron chi connectivity index (χ3n) is 3.20. The summed E-state index contributed by atoms with van der Waals surface area (Å²) in [6, 6.07) is 11.8. The number of anilines is 2. The molecule has 0 atom stereocenters. The van der Waals surface area contributed by atoms with Crippen molar-refractivity contribution in [2.75, 3.05) is 17.2 Å². The number of phenols is 1. The summed E-state index contributed by atoms with van der Waals surface area (Å²) in [7, 11) is 0. The molecule has 1 amide bonds. The van der Waals surface area contributed by atoms with Gasteiger partial charge < -0.3 is 15.7 Å². The number of nitrogen functional groups attached to an aromatic ring is 1. The van der Waals surface area contributed by atoms with Gasteiger partial charge in [0, 0.05) is 23.9 Å². The fraction of sp³-hybridized carbons (Fsp3) is 0.188. The second-order valence-corrected chi connectivity index (χ2v) is 4.64. The lowest BCUT2D eigenvalue weighted by molar-refractivity contribution is 0.0988. The van der Waals surface area contributed by atoms with Gasteiger partial charge in [0.15, 0.2) is 0 Å². The van der Waals surface area contributed by atoms with Crippen molar-refractivity contribution in [3.63, 3.8) is 0 Å². The van der Waals surface area contributed by atoms with E-state index >= 15 is 0 Å². The molecule has 0 aliphatic carbocycles. The van der Waals surface area contributed by atoms with Crippen LogP contribution >= 0.6 is 0 Å². The molecule has 0 aliphatic heterocycles. The van der Waals surface area contributed by atoms with Gasteiger partial charge >= 0.3 is 0 Å². The first kappa shape index (κ1) is 13.9. The summed E-state index contributed by atoms with van der Waals surface area (Å²) in [5.74, 6) is 0.0374. The Kier molecular flexibility index (Phi) is 3.94. The van der Waals surface area contributed by atoms with Crippen molar-refractivity contribution in [1.29, 1.82) is 0 Å². The Morgan fingerprint density at radius 3 is 2.45 bits per heavy atom. The van der Waals surface area contributed by atoms with E-state index in [9.17, 15) is 9.90 Å². The number of aromatic hydroxyl groups is 1. The van der Waals surface area contributed by atoms with Gasteiger partial charge in [0.05, 0.1) is 5.69 Å².